The van der Waals surface area contributed by atoms with Crippen molar-refractivity contribution < 1.29 is 23.0 Å². The number of ether oxygens (including phenoxy) is 1. The number of aliphatic hydroxyl groups excluding tert-OH is 1. The quantitative estimate of drug-likeness (QED) is 0.811. The maximum atomic E-state index is 12.4. The van der Waals surface area contributed by atoms with Gasteiger partial charge in [-0.15, -0.1) is 0 Å². The molecule has 2 atom stereocenters. The molecule has 0 aromatic carbocycles. The minimum atomic E-state index is -4.25. The zero-order valence-corrected chi connectivity index (χ0v) is 9.50. The van der Waals surface area contributed by atoms with Gasteiger partial charge in [0.25, 0.3) is 0 Å². The first-order chi connectivity index (χ1) is 7.31. The van der Waals surface area contributed by atoms with Crippen molar-refractivity contribution in [3.05, 3.63) is 0 Å². The number of halogens is 3. The van der Waals surface area contributed by atoms with E-state index in [2.05, 4.69) is 0 Å². The van der Waals surface area contributed by atoms with Crippen LogP contribution in [0.5, 0.6) is 0 Å². The van der Waals surface area contributed by atoms with Crippen LogP contribution in [0, 0.1) is 0 Å². The van der Waals surface area contributed by atoms with Crippen molar-refractivity contribution in [3.8, 4) is 0 Å². The minimum absolute atomic E-state index is 0.162. The molecule has 0 aliphatic carbocycles. The van der Waals surface area contributed by atoms with Crippen LogP contribution in [0.3, 0.4) is 0 Å². The van der Waals surface area contributed by atoms with Crippen LogP contribution in [0.25, 0.3) is 0 Å². The predicted molar refractivity (Wildman–Crippen MR) is 53.1 cm³/mol. The fourth-order valence-electron chi connectivity index (χ4n) is 1.92. The van der Waals surface area contributed by atoms with Gasteiger partial charge in [-0.1, -0.05) is 0 Å². The summed E-state index contributed by atoms with van der Waals surface area (Å²) in [5.41, 5.74) is 0. The molecule has 1 rings (SSSR count). The largest absolute Gasteiger partial charge is 0.401 e. The first-order valence-electron chi connectivity index (χ1n) is 5.39. The molecule has 1 aliphatic heterocycles. The normalized spacial score (nSPS) is 27.8. The van der Waals surface area contributed by atoms with E-state index >= 15 is 0 Å². The van der Waals surface area contributed by atoms with Gasteiger partial charge in [0, 0.05) is 12.6 Å². The molecular weight excluding hydrogens is 223 g/mol. The number of nitrogens with zero attached hydrogens (tertiary/aromatic N) is 1. The number of aliphatic hydroxyl groups is 1. The van der Waals surface area contributed by atoms with Crippen molar-refractivity contribution in [2.75, 3.05) is 19.8 Å². The topological polar surface area (TPSA) is 32.7 Å². The molecule has 1 heterocycles. The highest BCUT2D eigenvalue weighted by atomic mass is 19.4. The van der Waals surface area contributed by atoms with Crippen molar-refractivity contribution in [1.29, 1.82) is 0 Å². The predicted octanol–water partition coefficient (Wildman–Crippen LogP) is 1.41. The summed E-state index contributed by atoms with van der Waals surface area (Å²) >= 11 is 0. The zero-order valence-electron chi connectivity index (χ0n) is 9.50. The second kappa shape index (κ2) is 5.33. The van der Waals surface area contributed by atoms with Crippen LogP contribution < -0.4 is 0 Å². The standard InChI is InChI=1S/C10H18F3NO2/c1-7(2)14(6-10(11,12)13)8-5-16-4-3-9(8)15/h7-9,15H,3-6H2,1-2H3. The first kappa shape index (κ1) is 13.7. The summed E-state index contributed by atoms with van der Waals surface area (Å²) in [6.45, 7) is 2.95. The van der Waals surface area contributed by atoms with Crippen molar-refractivity contribution in [2.45, 2.75) is 44.6 Å². The van der Waals surface area contributed by atoms with Crippen LogP contribution in [-0.4, -0.2) is 54.1 Å². The van der Waals surface area contributed by atoms with E-state index in [1.807, 2.05) is 0 Å². The fourth-order valence-corrected chi connectivity index (χ4v) is 1.92. The Morgan fingerprint density at radius 1 is 1.44 bits per heavy atom. The summed E-state index contributed by atoms with van der Waals surface area (Å²) < 4.78 is 42.3. The Labute approximate surface area is 93.2 Å². The van der Waals surface area contributed by atoms with Crippen molar-refractivity contribution in [2.24, 2.45) is 0 Å². The average molecular weight is 241 g/mol. The van der Waals surface area contributed by atoms with E-state index in [1.54, 1.807) is 13.8 Å². The van der Waals surface area contributed by atoms with E-state index in [0.717, 1.165) is 0 Å². The Balaban J connectivity index is 2.68. The first-order valence-corrected chi connectivity index (χ1v) is 5.39. The summed E-state index contributed by atoms with van der Waals surface area (Å²) in [5, 5.41) is 9.70. The summed E-state index contributed by atoms with van der Waals surface area (Å²) in [6, 6.07) is -0.835. The summed E-state index contributed by atoms with van der Waals surface area (Å²) in [5.74, 6) is 0. The second-order valence-electron chi connectivity index (χ2n) is 4.38. The van der Waals surface area contributed by atoms with Crippen molar-refractivity contribution in [3.63, 3.8) is 0 Å². The van der Waals surface area contributed by atoms with Gasteiger partial charge in [-0.3, -0.25) is 4.90 Å². The van der Waals surface area contributed by atoms with E-state index in [4.69, 9.17) is 4.74 Å². The van der Waals surface area contributed by atoms with E-state index < -0.39 is 24.9 Å². The Morgan fingerprint density at radius 2 is 2.06 bits per heavy atom. The van der Waals surface area contributed by atoms with E-state index in [-0.39, 0.29) is 12.6 Å². The molecule has 96 valence electrons. The lowest BCUT2D eigenvalue weighted by Gasteiger charge is -2.40. The van der Waals surface area contributed by atoms with E-state index in [1.165, 1.54) is 4.90 Å². The second-order valence-corrected chi connectivity index (χ2v) is 4.38. The Bertz CT molecular complexity index is 221. The average Bonchev–Trinajstić information content (AvgIpc) is 2.13. The number of hydrogen-bond donors (Lipinski definition) is 1. The molecule has 1 aliphatic rings. The van der Waals surface area contributed by atoms with Crippen LogP contribution in [0.4, 0.5) is 13.2 Å². The van der Waals surface area contributed by atoms with E-state index in [0.29, 0.717) is 13.0 Å². The molecule has 1 N–H and O–H groups in total. The van der Waals surface area contributed by atoms with Gasteiger partial charge in [-0.25, -0.2) is 0 Å². The van der Waals surface area contributed by atoms with Crippen LogP contribution in [0.15, 0.2) is 0 Å². The van der Waals surface area contributed by atoms with Gasteiger partial charge in [0.05, 0.1) is 25.3 Å². The molecule has 0 spiro atoms. The molecular formula is C10H18F3NO2. The molecule has 3 nitrogen and oxygen atoms in total. The molecule has 2 unspecified atom stereocenters. The number of hydrogen-bond acceptors (Lipinski definition) is 3. The molecule has 0 aromatic heterocycles. The molecule has 1 saturated heterocycles. The third kappa shape index (κ3) is 3.92. The van der Waals surface area contributed by atoms with E-state index in [9.17, 15) is 18.3 Å². The third-order valence-electron chi connectivity index (χ3n) is 2.74. The maximum Gasteiger partial charge on any atom is 0.401 e. The van der Waals surface area contributed by atoms with Crippen LogP contribution in [0.1, 0.15) is 20.3 Å². The maximum absolute atomic E-state index is 12.4. The van der Waals surface area contributed by atoms with Crippen molar-refractivity contribution >= 4 is 0 Å². The van der Waals surface area contributed by atoms with Gasteiger partial charge in [0.1, 0.15) is 0 Å². The Kier molecular flexibility index (Phi) is 4.58. The molecule has 1 fully saturated rings. The smallest absolute Gasteiger partial charge is 0.391 e. The highest BCUT2D eigenvalue weighted by Gasteiger charge is 2.38. The lowest BCUT2D eigenvalue weighted by atomic mass is 10.0. The molecule has 0 aromatic rings. The highest BCUT2D eigenvalue weighted by molar-refractivity contribution is 4.85. The molecule has 6 heteroatoms. The third-order valence-corrected chi connectivity index (χ3v) is 2.74. The zero-order chi connectivity index (χ0) is 12.3. The lowest BCUT2D eigenvalue weighted by Crippen LogP contribution is -2.55. The summed E-state index contributed by atoms with van der Waals surface area (Å²) in [7, 11) is 0. The molecule has 0 radical (unpaired) electrons. The summed E-state index contributed by atoms with van der Waals surface area (Å²) in [6.07, 6.45) is -4.59. The molecule has 0 bridgehead atoms. The monoisotopic (exact) mass is 241 g/mol. The fraction of sp³-hybridized carbons (Fsp3) is 1.00. The molecule has 16 heavy (non-hydrogen) atoms. The van der Waals surface area contributed by atoms with Gasteiger partial charge >= 0.3 is 6.18 Å². The lowest BCUT2D eigenvalue weighted by molar-refractivity contribution is -0.170. The van der Waals surface area contributed by atoms with Gasteiger partial charge < -0.3 is 9.84 Å². The van der Waals surface area contributed by atoms with Crippen molar-refractivity contribution in [1.82, 2.24) is 4.90 Å². The van der Waals surface area contributed by atoms with Gasteiger partial charge in [-0.05, 0) is 20.3 Å². The van der Waals surface area contributed by atoms with Crippen LogP contribution in [0.2, 0.25) is 0 Å². The summed E-state index contributed by atoms with van der Waals surface area (Å²) in [4.78, 5) is 1.25. The highest BCUT2D eigenvalue weighted by Crippen LogP contribution is 2.23. The van der Waals surface area contributed by atoms with Crippen LogP contribution in [-0.2, 0) is 4.74 Å². The number of alkyl halides is 3. The van der Waals surface area contributed by atoms with Gasteiger partial charge in [0.15, 0.2) is 0 Å². The minimum Gasteiger partial charge on any atom is -0.391 e. The Hall–Kier alpha value is -0.330. The van der Waals surface area contributed by atoms with Gasteiger partial charge in [-0.2, -0.15) is 13.2 Å². The molecule has 0 saturated carbocycles. The van der Waals surface area contributed by atoms with Gasteiger partial charge in [0.2, 0.25) is 0 Å². The Morgan fingerprint density at radius 3 is 2.50 bits per heavy atom. The number of rotatable bonds is 3. The SMILES string of the molecule is CC(C)N(CC(F)(F)F)C1COCCC1O. The van der Waals surface area contributed by atoms with Crippen LogP contribution >= 0.6 is 0 Å². The molecule has 0 amide bonds.